The number of rotatable bonds is 6. The summed E-state index contributed by atoms with van der Waals surface area (Å²) in [5.41, 5.74) is 2.35. The largest absolute Gasteiger partial charge is 0.333 e. The highest BCUT2D eigenvalue weighted by atomic mass is 19.1. The van der Waals surface area contributed by atoms with Crippen molar-refractivity contribution in [3.05, 3.63) is 47.3 Å². The van der Waals surface area contributed by atoms with E-state index in [9.17, 15) is 9.18 Å². The highest BCUT2D eigenvalue weighted by Gasteiger charge is 2.51. The van der Waals surface area contributed by atoms with Gasteiger partial charge < -0.3 is 10.2 Å². The van der Waals surface area contributed by atoms with Crippen molar-refractivity contribution < 1.29 is 9.18 Å². The van der Waals surface area contributed by atoms with Gasteiger partial charge in [-0.3, -0.25) is 9.69 Å². The fraction of sp³-hybridized carbons (Fsp3) is 0.609. The maximum atomic E-state index is 13.3. The third kappa shape index (κ3) is 3.87. The Labute approximate surface area is 167 Å². The summed E-state index contributed by atoms with van der Waals surface area (Å²) in [6.07, 6.45) is 4.77. The number of carbonyl (C=O) groups excluding carboxylic acids is 1. The Hall–Kier alpha value is -1.72. The van der Waals surface area contributed by atoms with Gasteiger partial charge in [-0.15, -0.1) is 0 Å². The number of halogens is 1. The smallest absolute Gasteiger partial charge is 0.254 e. The fourth-order valence-electron chi connectivity index (χ4n) is 5.10. The average molecular weight is 386 g/mol. The zero-order chi connectivity index (χ0) is 19.7. The van der Waals surface area contributed by atoms with Crippen molar-refractivity contribution in [2.75, 3.05) is 45.8 Å². The summed E-state index contributed by atoms with van der Waals surface area (Å²) >= 11 is 0. The standard InChI is InChI=1S/C23H32FN3O/c1-23(2)19-6-3-18(21(23)15-19)16-27(14-13-26-11-9-25-10-12-26)22(28)17-4-7-20(24)8-5-17/h3-5,7-8,19,21,25H,6,9-16H2,1-2H3. The third-order valence-electron chi connectivity index (χ3n) is 7.23. The lowest BCUT2D eigenvalue weighted by atomic mass is 9.49. The molecule has 1 N–H and O–H groups in total. The number of nitrogens with zero attached hydrogens (tertiary/aromatic N) is 2. The minimum atomic E-state index is -0.304. The Morgan fingerprint density at radius 2 is 1.96 bits per heavy atom. The molecule has 2 unspecified atom stereocenters. The summed E-state index contributed by atoms with van der Waals surface area (Å²) in [6, 6.07) is 5.96. The Bertz CT molecular complexity index is 737. The van der Waals surface area contributed by atoms with Gasteiger partial charge in [0.05, 0.1) is 0 Å². The molecular formula is C23H32FN3O. The first kappa shape index (κ1) is 19.6. The molecule has 1 aromatic rings. The molecule has 0 spiro atoms. The maximum absolute atomic E-state index is 13.3. The summed E-state index contributed by atoms with van der Waals surface area (Å²) in [7, 11) is 0. The van der Waals surface area contributed by atoms with E-state index < -0.39 is 0 Å². The number of nitrogens with one attached hydrogen (secondary N) is 1. The van der Waals surface area contributed by atoms with Crippen molar-refractivity contribution in [3.63, 3.8) is 0 Å². The van der Waals surface area contributed by atoms with Crippen LogP contribution < -0.4 is 5.32 Å². The summed E-state index contributed by atoms with van der Waals surface area (Å²) in [4.78, 5) is 17.6. The topological polar surface area (TPSA) is 35.6 Å². The minimum absolute atomic E-state index is 0.00953. The summed E-state index contributed by atoms with van der Waals surface area (Å²) in [5, 5.41) is 3.38. The van der Waals surface area contributed by atoms with Gasteiger partial charge in [-0.05, 0) is 54.4 Å². The van der Waals surface area contributed by atoms with Gasteiger partial charge in [0, 0.05) is 51.4 Å². The lowest BCUT2D eigenvalue weighted by Gasteiger charge is -2.57. The van der Waals surface area contributed by atoms with Crippen LogP contribution in [0.5, 0.6) is 0 Å². The van der Waals surface area contributed by atoms with E-state index in [1.54, 1.807) is 12.1 Å². The molecule has 1 saturated carbocycles. The van der Waals surface area contributed by atoms with Crippen molar-refractivity contribution in [1.29, 1.82) is 0 Å². The maximum Gasteiger partial charge on any atom is 0.254 e. The predicted octanol–water partition coefficient (Wildman–Crippen LogP) is 3.17. The van der Waals surface area contributed by atoms with Crippen LogP contribution in [0, 0.1) is 23.1 Å². The first-order valence-electron chi connectivity index (χ1n) is 10.6. The van der Waals surface area contributed by atoms with E-state index >= 15 is 0 Å². The number of carbonyl (C=O) groups is 1. The molecule has 5 rings (SSSR count). The van der Waals surface area contributed by atoms with Gasteiger partial charge in [0.2, 0.25) is 0 Å². The molecular weight excluding hydrogens is 353 g/mol. The molecule has 1 saturated heterocycles. The van der Waals surface area contributed by atoms with E-state index in [0.717, 1.165) is 45.1 Å². The second-order valence-electron chi connectivity index (χ2n) is 9.15. The first-order valence-corrected chi connectivity index (χ1v) is 10.6. The molecule has 5 heteroatoms. The van der Waals surface area contributed by atoms with E-state index in [1.807, 2.05) is 4.90 Å². The van der Waals surface area contributed by atoms with Crippen molar-refractivity contribution in [1.82, 2.24) is 15.1 Å². The molecule has 2 bridgehead atoms. The number of hydrogen-bond acceptors (Lipinski definition) is 3. The second kappa shape index (κ2) is 7.96. The van der Waals surface area contributed by atoms with Crippen molar-refractivity contribution >= 4 is 5.91 Å². The summed E-state index contributed by atoms with van der Waals surface area (Å²) < 4.78 is 13.3. The van der Waals surface area contributed by atoms with Gasteiger partial charge in [-0.1, -0.05) is 25.5 Å². The van der Waals surface area contributed by atoms with Crippen LogP contribution in [0.4, 0.5) is 4.39 Å². The molecule has 1 aromatic carbocycles. The molecule has 1 aliphatic heterocycles. The van der Waals surface area contributed by atoms with Crippen LogP contribution in [-0.2, 0) is 0 Å². The number of hydrogen-bond donors (Lipinski definition) is 1. The summed E-state index contributed by atoms with van der Waals surface area (Å²) in [5.74, 6) is 1.09. The number of piperazine rings is 1. The normalized spacial score (nSPS) is 26.3. The van der Waals surface area contributed by atoms with Crippen LogP contribution in [-0.4, -0.2) is 61.5 Å². The fourth-order valence-corrected chi connectivity index (χ4v) is 5.10. The summed E-state index contributed by atoms with van der Waals surface area (Å²) in [6.45, 7) is 11.1. The molecule has 0 aromatic heterocycles. The number of fused-ring (bicyclic) bond motifs is 1. The van der Waals surface area contributed by atoms with Crippen LogP contribution in [0.25, 0.3) is 0 Å². The van der Waals surface area contributed by atoms with Crippen LogP contribution >= 0.6 is 0 Å². The molecule has 3 aliphatic carbocycles. The highest BCUT2D eigenvalue weighted by molar-refractivity contribution is 5.94. The lowest BCUT2D eigenvalue weighted by molar-refractivity contribution is -0.0105. The van der Waals surface area contributed by atoms with Crippen molar-refractivity contribution in [2.45, 2.75) is 26.7 Å². The Balaban J connectivity index is 1.48. The predicted molar refractivity (Wildman–Crippen MR) is 110 cm³/mol. The van der Waals surface area contributed by atoms with Crippen LogP contribution in [0.3, 0.4) is 0 Å². The van der Waals surface area contributed by atoms with Crippen molar-refractivity contribution in [2.24, 2.45) is 17.3 Å². The molecule has 28 heavy (non-hydrogen) atoms. The number of amides is 1. The van der Waals surface area contributed by atoms with Gasteiger partial charge in [0.25, 0.3) is 5.91 Å². The monoisotopic (exact) mass is 385 g/mol. The molecule has 1 heterocycles. The van der Waals surface area contributed by atoms with E-state index in [2.05, 4.69) is 30.1 Å². The van der Waals surface area contributed by atoms with E-state index in [0.29, 0.717) is 30.0 Å². The zero-order valence-electron chi connectivity index (χ0n) is 17.1. The molecule has 1 amide bonds. The number of allylic oxidation sites excluding steroid dienone is 1. The number of benzene rings is 1. The molecule has 2 atom stereocenters. The van der Waals surface area contributed by atoms with E-state index in [-0.39, 0.29) is 11.7 Å². The lowest BCUT2D eigenvalue weighted by Crippen LogP contribution is -2.51. The SMILES string of the molecule is CC1(C)C2CC=C(CN(CCN3CCNCC3)C(=O)c3ccc(F)cc3)C1C2. The highest BCUT2D eigenvalue weighted by Crippen LogP contribution is 2.59. The molecule has 4 aliphatic rings. The van der Waals surface area contributed by atoms with E-state index in [4.69, 9.17) is 0 Å². The Morgan fingerprint density at radius 3 is 2.61 bits per heavy atom. The molecule has 2 fully saturated rings. The van der Waals surface area contributed by atoms with Crippen LogP contribution in [0.2, 0.25) is 0 Å². The average Bonchev–Trinajstić information content (AvgIpc) is 2.72. The Morgan fingerprint density at radius 1 is 1.25 bits per heavy atom. The van der Waals surface area contributed by atoms with Gasteiger partial charge in [0.1, 0.15) is 5.82 Å². The third-order valence-corrected chi connectivity index (χ3v) is 7.23. The van der Waals surface area contributed by atoms with Gasteiger partial charge in [-0.2, -0.15) is 0 Å². The van der Waals surface area contributed by atoms with Crippen molar-refractivity contribution in [3.8, 4) is 0 Å². The van der Waals surface area contributed by atoms with Crippen LogP contribution in [0.15, 0.2) is 35.9 Å². The molecule has 4 nitrogen and oxygen atoms in total. The minimum Gasteiger partial charge on any atom is -0.333 e. The second-order valence-corrected chi connectivity index (χ2v) is 9.15. The van der Waals surface area contributed by atoms with Gasteiger partial charge in [-0.25, -0.2) is 4.39 Å². The van der Waals surface area contributed by atoms with Gasteiger partial charge >= 0.3 is 0 Å². The molecule has 152 valence electrons. The van der Waals surface area contributed by atoms with Crippen LogP contribution in [0.1, 0.15) is 37.0 Å². The van der Waals surface area contributed by atoms with E-state index in [1.165, 1.54) is 24.1 Å². The molecule has 0 radical (unpaired) electrons. The zero-order valence-corrected chi connectivity index (χ0v) is 17.1. The quantitative estimate of drug-likeness (QED) is 0.764. The Kier molecular flexibility index (Phi) is 5.57. The first-order chi connectivity index (χ1) is 13.4. The van der Waals surface area contributed by atoms with Gasteiger partial charge in [0.15, 0.2) is 0 Å².